The Labute approximate surface area is 102 Å². The molecule has 92 valence electrons. The van der Waals surface area contributed by atoms with Crippen molar-refractivity contribution in [1.29, 1.82) is 0 Å². The van der Waals surface area contributed by atoms with Gasteiger partial charge < -0.3 is 5.32 Å². The van der Waals surface area contributed by atoms with Crippen LogP contribution >= 0.6 is 0 Å². The molecule has 1 aromatic rings. The highest BCUT2D eigenvalue weighted by Crippen LogP contribution is 2.13. The quantitative estimate of drug-likeness (QED) is 0.871. The van der Waals surface area contributed by atoms with Crippen LogP contribution in [0.1, 0.15) is 36.7 Å². The molecule has 1 rings (SSSR count). The number of hydrogen-bond donors (Lipinski definition) is 1. The van der Waals surface area contributed by atoms with Crippen LogP contribution in [0.4, 0.5) is 0 Å². The van der Waals surface area contributed by atoms with Gasteiger partial charge in [0, 0.05) is 11.0 Å². The van der Waals surface area contributed by atoms with E-state index < -0.39 is 5.41 Å². The maximum Gasteiger partial charge on any atom is 0.251 e. The molecule has 3 nitrogen and oxygen atoms in total. The normalized spacial score (nSPS) is 11.1. The van der Waals surface area contributed by atoms with Gasteiger partial charge in [-0.25, -0.2) is 0 Å². The summed E-state index contributed by atoms with van der Waals surface area (Å²) in [5, 5.41) is 2.66. The van der Waals surface area contributed by atoms with Crippen LogP contribution < -0.4 is 5.32 Å². The molecule has 17 heavy (non-hydrogen) atoms. The molecule has 0 aliphatic rings. The summed E-state index contributed by atoms with van der Waals surface area (Å²) in [5.41, 5.74) is 1.11. The Morgan fingerprint density at radius 2 is 1.76 bits per heavy atom. The van der Waals surface area contributed by atoms with E-state index in [0.29, 0.717) is 5.56 Å². The summed E-state index contributed by atoms with van der Waals surface area (Å²) >= 11 is 0. The Morgan fingerprint density at radius 1 is 1.18 bits per heavy atom. The lowest BCUT2D eigenvalue weighted by atomic mass is 9.91. The molecule has 0 saturated heterocycles. The van der Waals surface area contributed by atoms with Crippen LogP contribution in [0.5, 0.6) is 0 Å². The predicted octanol–water partition coefficient (Wildman–Crippen LogP) is 2.34. The molecule has 0 unspecified atom stereocenters. The largest absolute Gasteiger partial charge is 0.345 e. The van der Waals surface area contributed by atoms with Crippen LogP contribution in [0.2, 0.25) is 0 Å². The van der Waals surface area contributed by atoms with Gasteiger partial charge in [0.15, 0.2) is 5.78 Å². The number of ketones is 1. The fourth-order valence-electron chi connectivity index (χ4n) is 1.35. The van der Waals surface area contributed by atoms with Gasteiger partial charge in [0.05, 0.1) is 6.54 Å². The lowest BCUT2D eigenvalue weighted by Gasteiger charge is -2.17. The second-order valence-electron chi connectivity index (χ2n) is 5.17. The number of carbonyl (C=O) groups is 2. The number of Topliss-reactive ketones (excluding diaryl/α,β-unsaturated/α-hetero) is 1. The first-order chi connectivity index (χ1) is 7.82. The average Bonchev–Trinajstić information content (AvgIpc) is 2.24. The molecule has 0 bridgehead atoms. The molecule has 0 aliphatic carbocycles. The van der Waals surface area contributed by atoms with Crippen molar-refractivity contribution in [2.24, 2.45) is 5.41 Å². The Bertz CT molecular complexity index is 430. The van der Waals surface area contributed by atoms with E-state index in [-0.39, 0.29) is 18.2 Å². The van der Waals surface area contributed by atoms with E-state index in [4.69, 9.17) is 0 Å². The molecule has 3 heteroatoms. The van der Waals surface area contributed by atoms with Gasteiger partial charge in [0.25, 0.3) is 5.91 Å². The van der Waals surface area contributed by atoms with E-state index in [1.165, 1.54) is 0 Å². The van der Waals surface area contributed by atoms with Gasteiger partial charge in [-0.2, -0.15) is 0 Å². The van der Waals surface area contributed by atoms with Crippen LogP contribution in [-0.2, 0) is 4.79 Å². The van der Waals surface area contributed by atoms with Gasteiger partial charge in [-0.05, 0) is 18.6 Å². The first kappa shape index (κ1) is 13.4. The highest BCUT2D eigenvalue weighted by atomic mass is 16.2. The lowest BCUT2D eigenvalue weighted by molar-refractivity contribution is -0.125. The maximum atomic E-state index is 11.8. The Morgan fingerprint density at radius 3 is 2.29 bits per heavy atom. The first-order valence-corrected chi connectivity index (χ1v) is 5.69. The summed E-state index contributed by atoms with van der Waals surface area (Å²) in [6.45, 7) is 7.48. The van der Waals surface area contributed by atoms with Crippen LogP contribution in [0.25, 0.3) is 0 Å². The first-order valence-electron chi connectivity index (χ1n) is 5.69. The van der Waals surface area contributed by atoms with Crippen molar-refractivity contribution in [3.8, 4) is 0 Å². The smallest absolute Gasteiger partial charge is 0.251 e. The number of carbonyl (C=O) groups excluding carboxylic acids is 2. The van der Waals surface area contributed by atoms with Crippen molar-refractivity contribution >= 4 is 11.7 Å². The number of aryl methyl sites for hydroxylation is 1. The van der Waals surface area contributed by atoms with E-state index in [0.717, 1.165) is 5.56 Å². The number of amides is 1. The number of nitrogens with one attached hydrogen (secondary N) is 1. The van der Waals surface area contributed by atoms with E-state index in [2.05, 4.69) is 5.32 Å². The monoisotopic (exact) mass is 233 g/mol. The summed E-state index contributed by atoms with van der Waals surface area (Å²) < 4.78 is 0. The minimum absolute atomic E-state index is 0.0273. The van der Waals surface area contributed by atoms with Crippen LogP contribution in [0, 0.1) is 12.3 Å². The minimum atomic E-state index is -0.418. The Balaban J connectivity index is 2.63. The molecule has 1 N–H and O–H groups in total. The van der Waals surface area contributed by atoms with E-state index >= 15 is 0 Å². The molecule has 1 aromatic carbocycles. The van der Waals surface area contributed by atoms with Gasteiger partial charge in [0.2, 0.25) is 0 Å². The summed E-state index contributed by atoms with van der Waals surface area (Å²) in [6.07, 6.45) is 0. The van der Waals surface area contributed by atoms with Crippen molar-refractivity contribution in [3.05, 3.63) is 35.4 Å². The lowest BCUT2D eigenvalue weighted by Crippen LogP contribution is -2.35. The molecule has 0 heterocycles. The molecule has 0 atom stereocenters. The zero-order chi connectivity index (χ0) is 13.1. The zero-order valence-electron chi connectivity index (χ0n) is 10.8. The number of benzene rings is 1. The molecule has 0 aliphatic heterocycles. The van der Waals surface area contributed by atoms with Crippen molar-refractivity contribution in [2.45, 2.75) is 27.7 Å². The van der Waals surface area contributed by atoms with Gasteiger partial charge in [-0.1, -0.05) is 39.0 Å². The highest BCUT2D eigenvalue weighted by molar-refractivity contribution is 5.98. The molecule has 0 aromatic heterocycles. The fourth-order valence-corrected chi connectivity index (χ4v) is 1.35. The predicted molar refractivity (Wildman–Crippen MR) is 68.0 cm³/mol. The second kappa shape index (κ2) is 5.13. The van der Waals surface area contributed by atoms with Gasteiger partial charge in [-0.15, -0.1) is 0 Å². The van der Waals surface area contributed by atoms with Crippen LogP contribution in [-0.4, -0.2) is 18.2 Å². The van der Waals surface area contributed by atoms with Crippen LogP contribution in [0.15, 0.2) is 24.3 Å². The van der Waals surface area contributed by atoms with Gasteiger partial charge in [0.1, 0.15) is 0 Å². The van der Waals surface area contributed by atoms with E-state index in [1.807, 2.05) is 45.9 Å². The highest BCUT2D eigenvalue weighted by Gasteiger charge is 2.21. The minimum Gasteiger partial charge on any atom is -0.345 e. The Hall–Kier alpha value is -1.64. The third-order valence-corrected chi connectivity index (χ3v) is 2.64. The van der Waals surface area contributed by atoms with Gasteiger partial charge in [-0.3, -0.25) is 9.59 Å². The molecular weight excluding hydrogens is 214 g/mol. The number of rotatable bonds is 3. The SMILES string of the molecule is Cc1ccccc1C(=O)NCC(=O)C(C)(C)C. The molecule has 0 saturated carbocycles. The molecule has 0 spiro atoms. The summed E-state index contributed by atoms with van der Waals surface area (Å²) in [6, 6.07) is 7.33. The molecular formula is C14H19NO2. The fraction of sp³-hybridized carbons (Fsp3) is 0.429. The topological polar surface area (TPSA) is 46.2 Å². The van der Waals surface area contributed by atoms with Crippen molar-refractivity contribution in [3.63, 3.8) is 0 Å². The summed E-state index contributed by atoms with van der Waals surface area (Å²) in [4.78, 5) is 23.5. The third kappa shape index (κ3) is 3.70. The summed E-state index contributed by atoms with van der Waals surface area (Å²) in [5.74, 6) is -0.167. The van der Waals surface area contributed by atoms with Gasteiger partial charge >= 0.3 is 0 Å². The molecule has 1 amide bonds. The Kier molecular flexibility index (Phi) is 4.05. The van der Waals surface area contributed by atoms with E-state index in [9.17, 15) is 9.59 Å². The standard InChI is InChI=1S/C14H19NO2/c1-10-7-5-6-8-11(10)13(17)15-9-12(16)14(2,3)4/h5-8H,9H2,1-4H3,(H,15,17). The van der Waals surface area contributed by atoms with Crippen LogP contribution in [0.3, 0.4) is 0 Å². The van der Waals surface area contributed by atoms with Crippen molar-refractivity contribution in [2.75, 3.05) is 6.54 Å². The van der Waals surface area contributed by atoms with Crippen molar-refractivity contribution in [1.82, 2.24) is 5.32 Å². The average molecular weight is 233 g/mol. The van der Waals surface area contributed by atoms with Crippen molar-refractivity contribution < 1.29 is 9.59 Å². The maximum absolute atomic E-state index is 11.8. The second-order valence-corrected chi connectivity index (χ2v) is 5.17. The molecule has 0 fully saturated rings. The summed E-state index contributed by atoms with van der Waals surface area (Å²) in [7, 11) is 0. The van der Waals surface area contributed by atoms with E-state index in [1.54, 1.807) is 6.07 Å². The zero-order valence-corrected chi connectivity index (χ0v) is 10.8. The third-order valence-electron chi connectivity index (χ3n) is 2.64. The number of hydrogen-bond acceptors (Lipinski definition) is 2. The molecule has 0 radical (unpaired) electrons.